The van der Waals surface area contributed by atoms with Crippen molar-refractivity contribution in [3.63, 3.8) is 0 Å². The quantitative estimate of drug-likeness (QED) is 0.673. The Bertz CT molecular complexity index is 615. The lowest BCUT2D eigenvalue weighted by Crippen LogP contribution is -1.91. The van der Waals surface area contributed by atoms with Gasteiger partial charge < -0.3 is 9.84 Å². The average Bonchev–Trinajstić information content (AvgIpc) is 2.73. The van der Waals surface area contributed by atoms with Crippen molar-refractivity contribution in [1.29, 1.82) is 0 Å². The molecule has 0 spiro atoms. The highest BCUT2D eigenvalue weighted by Gasteiger charge is 2.21. The third-order valence-electron chi connectivity index (χ3n) is 2.58. The van der Waals surface area contributed by atoms with Crippen LogP contribution in [-0.2, 0) is 0 Å². The van der Waals surface area contributed by atoms with Gasteiger partial charge in [-0.3, -0.25) is 10.1 Å². The van der Waals surface area contributed by atoms with Gasteiger partial charge in [0.15, 0.2) is 5.69 Å². The first kappa shape index (κ1) is 12.8. The highest BCUT2D eigenvalue weighted by atomic mass is 16.6. The third-order valence-corrected chi connectivity index (χ3v) is 2.58. The maximum atomic E-state index is 10.8. The van der Waals surface area contributed by atoms with E-state index in [0.717, 1.165) is 11.3 Å². The van der Waals surface area contributed by atoms with E-state index in [1.165, 1.54) is 13.0 Å². The van der Waals surface area contributed by atoms with Crippen LogP contribution in [0.3, 0.4) is 0 Å². The largest absolute Gasteiger partial charge is 0.362 e. The number of aryl methyl sites for hydroxylation is 2. The van der Waals surface area contributed by atoms with E-state index in [1.807, 2.05) is 31.2 Å². The molecule has 6 nitrogen and oxygen atoms in total. The lowest BCUT2D eigenvalue weighted by molar-refractivity contribution is -0.386. The molecule has 0 radical (unpaired) electrons. The second kappa shape index (κ2) is 5.34. The van der Waals surface area contributed by atoms with Gasteiger partial charge in [-0.2, -0.15) is 0 Å². The van der Waals surface area contributed by atoms with Crippen molar-refractivity contribution >= 4 is 17.5 Å². The van der Waals surface area contributed by atoms with E-state index in [0.29, 0.717) is 0 Å². The highest BCUT2D eigenvalue weighted by molar-refractivity contribution is 5.59. The van der Waals surface area contributed by atoms with Crippen molar-refractivity contribution in [3.8, 4) is 0 Å². The summed E-state index contributed by atoms with van der Waals surface area (Å²) in [6.45, 7) is 3.53. The average molecular weight is 259 g/mol. The lowest BCUT2D eigenvalue weighted by atomic mass is 10.2. The maximum Gasteiger partial charge on any atom is 0.338 e. The number of aromatic nitrogens is 1. The molecule has 2 rings (SSSR count). The molecule has 0 atom stereocenters. The van der Waals surface area contributed by atoms with E-state index in [2.05, 4.69) is 10.5 Å². The van der Waals surface area contributed by atoms with Crippen molar-refractivity contribution in [2.24, 2.45) is 0 Å². The van der Waals surface area contributed by atoms with Crippen LogP contribution in [-0.4, -0.2) is 10.1 Å². The SMILES string of the molecule is Cc1ccc(NC=Cc2onc(C)c2[N+](=O)[O-])cc1. The first-order valence-electron chi connectivity index (χ1n) is 5.68. The van der Waals surface area contributed by atoms with Crippen LogP contribution in [0.5, 0.6) is 0 Å². The molecule has 98 valence electrons. The molecule has 0 saturated carbocycles. The number of hydrogen-bond acceptors (Lipinski definition) is 5. The van der Waals surface area contributed by atoms with Crippen LogP contribution >= 0.6 is 0 Å². The zero-order chi connectivity index (χ0) is 13.8. The van der Waals surface area contributed by atoms with E-state index in [4.69, 9.17) is 4.52 Å². The van der Waals surface area contributed by atoms with Crippen molar-refractivity contribution in [2.75, 3.05) is 5.32 Å². The Morgan fingerprint density at radius 1 is 1.32 bits per heavy atom. The lowest BCUT2D eigenvalue weighted by Gasteiger charge is -1.99. The summed E-state index contributed by atoms with van der Waals surface area (Å²) in [5.74, 6) is 0.127. The van der Waals surface area contributed by atoms with E-state index >= 15 is 0 Å². The molecule has 19 heavy (non-hydrogen) atoms. The first-order chi connectivity index (χ1) is 9.08. The smallest absolute Gasteiger partial charge is 0.338 e. The summed E-state index contributed by atoms with van der Waals surface area (Å²) in [5, 5.41) is 17.4. The van der Waals surface area contributed by atoms with Crippen LogP contribution in [0, 0.1) is 24.0 Å². The summed E-state index contributed by atoms with van der Waals surface area (Å²) in [7, 11) is 0. The summed E-state index contributed by atoms with van der Waals surface area (Å²) < 4.78 is 4.90. The Hall–Kier alpha value is -2.63. The van der Waals surface area contributed by atoms with Crippen LogP contribution in [0.25, 0.3) is 6.08 Å². The Labute approximate surface area is 109 Å². The van der Waals surface area contributed by atoms with Crippen LogP contribution in [0.4, 0.5) is 11.4 Å². The topological polar surface area (TPSA) is 81.2 Å². The highest BCUT2D eigenvalue weighted by Crippen LogP contribution is 2.23. The molecule has 1 aromatic heterocycles. The van der Waals surface area contributed by atoms with Gasteiger partial charge in [0.25, 0.3) is 0 Å². The predicted molar refractivity (Wildman–Crippen MR) is 71.7 cm³/mol. The molecule has 1 N–H and O–H groups in total. The zero-order valence-electron chi connectivity index (χ0n) is 10.6. The van der Waals surface area contributed by atoms with Crippen LogP contribution in [0.2, 0.25) is 0 Å². The molecule has 1 heterocycles. The summed E-state index contributed by atoms with van der Waals surface area (Å²) in [5.41, 5.74) is 2.21. The molecular formula is C13H13N3O3. The van der Waals surface area contributed by atoms with Gasteiger partial charge in [-0.05, 0) is 26.0 Å². The molecule has 0 aliphatic rings. The van der Waals surface area contributed by atoms with Crippen molar-refractivity contribution in [3.05, 3.63) is 57.6 Å². The van der Waals surface area contributed by atoms with E-state index in [-0.39, 0.29) is 17.1 Å². The number of benzene rings is 1. The molecule has 0 aliphatic heterocycles. The molecule has 0 amide bonds. The van der Waals surface area contributed by atoms with Gasteiger partial charge in [0.05, 0.1) is 4.92 Å². The monoisotopic (exact) mass is 259 g/mol. The number of rotatable bonds is 4. The predicted octanol–water partition coefficient (Wildman–Crippen LogP) is 3.28. The number of nitrogens with zero attached hydrogens (tertiary/aromatic N) is 2. The van der Waals surface area contributed by atoms with Crippen molar-refractivity contribution in [2.45, 2.75) is 13.8 Å². The number of nitrogens with one attached hydrogen (secondary N) is 1. The van der Waals surface area contributed by atoms with Crippen molar-refractivity contribution < 1.29 is 9.45 Å². The minimum Gasteiger partial charge on any atom is -0.362 e. The molecule has 0 unspecified atom stereocenters. The fourth-order valence-corrected chi connectivity index (χ4v) is 1.58. The molecule has 0 fully saturated rings. The van der Waals surface area contributed by atoms with Gasteiger partial charge in [-0.25, -0.2) is 0 Å². The Kier molecular flexibility index (Phi) is 3.61. The van der Waals surface area contributed by atoms with Crippen LogP contribution in [0.15, 0.2) is 35.0 Å². The normalized spacial score (nSPS) is 10.8. The number of nitro groups is 1. The third kappa shape index (κ3) is 2.98. The second-order valence-electron chi connectivity index (χ2n) is 4.08. The van der Waals surface area contributed by atoms with Crippen LogP contribution < -0.4 is 5.32 Å². The Morgan fingerprint density at radius 3 is 2.63 bits per heavy atom. The first-order valence-corrected chi connectivity index (χ1v) is 5.68. The molecule has 1 aromatic carbocycles. The summed E-state index contributed by atoms with van der Waals surface area (Å²) in [6.07, 6.45) is 3.07. The van der Waals surface area contributed by atoms with E-state index < -0.39 is 4.92 Å². The summed E-state index contributed by atoms with van der Waals surface area (Å²) in [6, 6.07) is 7.77. The van der Waals surface area contributed by atoms with Crippen LogP contribution in [0.1, 0.15) is 17.0 Å². The van der Waals surface area contributed by atoms with E-state index in [9.17, 15) is 10.1 Å². The maximum absolute atomic E-state index is 10.8. The molecule has 2 aromatic rings. The summed E-state index contributed by atoms with van der Waals surface area (Å²) in [4.78, 5) is 10.3. The molecule has 0 aliphatic carbocycles. The van der Waals surface area contributed by atoms with Gasteiger partial charge in [0.1, 0.15) is 0 Å². The van der Waals surface area contributed by atoms with Crippen molar-refractivity contribution in [1.82, 2.24) is 5.16 Å². The van der Waals surface area contributed by atoms with E-state index in [1.54, 1.807) is 6.20 Å². The minimum atomic E-state index is -0.503. The molecule has 0 saturated heterocycles. The fraction of sp³-hybridized carbons (Fsp3) is 0.154. The second-order valence-corrected chi connectivity index (χ2v) is 4.08. The number of hydrogen-bond donors (Lipinski definition) is 1. The minimum absolute atomic E-state index is 0.109. The molecule has 0 bridgehead atoms. The van der Waals surface area contributed by atoms with Gasteiger partial charge in [-0.15, -0.1) is 0 Å². The summed E-state index contributed by atoms with van der Waals surface area (Å²) >= 11 is 0. The molecule has 6 heteroatoms. The standard InChI is InChI=1S/C13H13N3O3/c1-9-3-5-11(6-4-9)14-8-7-12-13(16(17)18)10(2)15-19-12/h3-8,14H,1-2H3. The van der Waals surface area contributed by atoms with Gasteiger partial charge in [0.2, 0.25) is 5.76 Å². The van der Waals surface area contributed by atoms with Gasteiger partial charge >= 0.3 is 5.69 Å². The molecular weight excluding hydrogens is 246 g/mol. The Balaban J connectivity index is 2.11. The Morgan fingerprint density at radius 2 is 2.00 bits per heavy atom. The van der Waals surface area contributed by atoms with Gasteiger partial charge in [-0.1, -0.05) is 22.9 Å². The number of anilines is 1. The zero-order valence-corrected chi connectivity index (χ0v) is 10.6. The fourth-order valence-electron chi connectivity index (χ4n) is 1.58. The van der Waals surface area contributed by atoms with Gasteiger partial charge in [0, 0.05) is 18.0 Å².